The van der Waals surface area contributed by atoms with Crippen molar-refractivity contribution in [2.45, 2.75) is 31.8 Å². The Morgan fingerprint density at radius 1 is 1.12 bits per heavy atom. The number of para-hydroxylation sites is 1. The van der Waals surface area contributed by atoms with Crippen LogP contribution in [0.15, 0.2) is 48.5 Å². The van der Waals surface area contributed by atoms with E-state index in [2.05, 4.69) is 24.6 Å². The van der Waals surface area contributed by atoms with Gasteiger partial charge in [0.05, 0.1) is 11.6 Å². The maximum absolute atomic E-state index is 10.5. The van der Waals surface area contributed by atoms with Crippen molar-refractivity contribution in [3.63, 3.8) is 0 Å². The van der Waals surface area contributed by atoms with Gasteiger partial charge in [-0.05, 0) is 30.3 Å². The molecule has 0 saturated heterocycles. The van der Waals surface area contributed by atoms with Gasteiger partial charge in [-0.3, -0.25) is 0 Å². The van der Waals surface area contributed by atoms with E-state index in [9.17, 15) is 5.11 Å². The van der Waals surface area contributed by atoms with Gasteiger partial charge in [-0.1, -0.05) is 49.4 Å². The zero-order chi connectivity index (χ0) is 17.3. The fourth-order valence-electron chi connectivity index (χ4n) is 2.76. The summed E-state index contributed by atoms with van der Waals surface area (Å²) in [5.74, 6) is 1.44. The van der Waals surface area contributed by atoms with Gasteiger partial charge in [-0.2, -0.15) is 0 Å². The topological polar surface area (TPSA) is 45.2 Å². The zero-order valence-electron chi connectivity index (χ0n) is 14.1. The minimum absolute atomic E-state index is 0.493. The normalized spacial score (nSPS) is 13.2. The SMILES string of the molecule is C[Si](C)(C)CC(O)c1cc2c(Oc3ccccc3)cc(Cl)cc2[nH]1. The van der Waals surface area contributed by atoms with E-state index in [0.29, 0.717) is 10.8 Å². The molecule has 1 aromatic heterocycles. The molecule has 0 aliphatic carbocycles. The molecule has 3 aromatic rings. The lowest BCUT2D eigenvalue weighted by molar-refractivity contribution is 0.193. The molecule has 0 aliphatic heterocycles. The number of nitrogens with one attached hydrogen (secondary N) is 1. The van der Waals surface area contributed by atoms with Crippen molar-refractivity contribution >= 4 is 30.6 Å². The molecule has 0 bridgehead atoms. The molecule has 0 radical (unpaired) electrons. The van der Waals surface area contributed by atoms with Crippen molar-refractivity contribution in [2.75, 3.05) is 0 Å². The van der Waals surface area contributed by atoms with E-state index < -0.39 is 14.2 Å². The molecule has 0 saturated carbocycles. The van der Waals surface area contributed by atoms with Gasteiger partial charge in [-0.25, -0.2) is 0 Å². The predicted molar refractivity (Wildman–Crippen MR) is 103 cm³/mol. The first kappa shape index (κ1) is 17.1. The summed E-state index contributed by atoms with van der Waals surface area (Å²) in [5, 5.41) is 12.1. The lowest BCUT2D eigenvalue weighted by Crippen LogP contribution is -2.22. The van der Waals surface area contributed by atoms with Gasteiger partial charge in [0.25, 0.3) is 0 Å². The molecule has 0 fully saturated rings. The van der Waals surface area contributed by atoms with E-state index in [0.717, 1.165) is 28.4 Å². The molecule has 2 N–H and O–H groups in total. The number of H-pyrrole nitrogens is 1. The molecule has 2 aromatic carbocycles. The Balaban J connectivity index is 1.98. The number of rotatable bonds is 5. The Bertz CT molecular complexity index is 840. The molecule has 1 heterocycles. The highest BCUT2D eigenvalue weighted by Gasteiger charge is 2.22. The molecular formula is C19H22ClNO2Si. The van der Waals surface area contributed by atoms with Crippen LogP contribution in [-0.4, -0.2) is 18.2 Å². The Morgan fingerprint density at radius 3 is 2.50 bits per heavy atom. The number of aromatic nitrogens is 1. The molecule has 1 atom stereocenters. The number of halogens is 1. The average Bonchev–Trinajstić information content (AvgIpc) is 2.91. The van der Waals surface area contributed by atoms with Crippen molar-refractivity contribution in [3.8, 4) is 11.5 Å². The standard InChI is InChI=1S/C19H22ClNO2Si/c1-24(2,3)12-18(22)17-11-15-16(21-17)9-13(20)10-19(15)23-14-7-5-4-6-8-14/h4-11,18,21-22H,12H2,1-3H3. The maximum atomic E-state index is 10.5. The molecule has 0 aliphatic rings. The zero-order valence-corrected chi connectivity index (χ0v) is 15.9. The highest BCUT2D eigenvalue weighted by molar-refractivity contribution is 6.76. The number of aliphatic hydroxyl groups excluding tert-OH is 1. The van der Waals surface area contributed by atoms with E-state index in [1.165, 1.54) is 0 Å². The quantitative estimate of drug-likeness (QED) is 0.550. The van der Waals surface area contributed by atoms with Crippen LogP contribution in [-0.2, 0) is 0 Å². The number of hydrogen-bond donors (Lipinski definition) is 2. The van der Waals surface area contributed by atoms with Gasteiger partial charge >= 0.3 is 0 Å². The van der Waals surface area contributed by atoms with E-state index >= 15 is 0 Å². The van der Waals surface area contributed by atoms with E-state index in [-0.39, 0.29) is 0 Å². The van der Waals surface area contributed by atoms with Crippen LogP contribution >= 0.6 is 11.6 Å². The number of ether oxygens (including phenoxy) is 1. The summed E-state index contributed by atoms with van der Waals surface area (Å²) >= 11 is 6.23. The highest BCUT2D eigenvalue weighted by Crippen LogP contribution is 2.36. The first-order valence-electron chi connectivity index (χ1n) is 8.05. The first-order chi connectivity index (χ1) is 11.3. The number of hydrogen-bond acceptors (Lipinski definition) is 2. The number of aromatic amines is 1. The lowest BCUT2D eigenvalue weighted by atomic mass is 10.2. The van der Waals surface area contributed by atoms with Crippen LogP contribution in [0.1, 0.15) is 11.8 Å². The van der Waals surface area contributed by atoms with Gasteiger partial charge < -0.3 is 14.8 Å². The van der Waals surface area contributed by atoms with Crippen LogP contribution in [0.4, 0.5) is 0 Å². The van der Waals surface area contributed by atoms with Gasteiger partial charge in [-0.15, -0.1) is 0 Å². The van der Waals surface area contributed by atoms with Crippen molar-refractivity contribution < 1.29 is 9.84 Å². The Hall–Kier alpha value is -1.75. The summed E-state index contributed by atoms with van der Waals surface area (Å²) in [6.45, 7) is 6.75. The Labute approximate surface area is 148 Å². The molecule has 24 heavy (non-hydrogen) atoms. The third-order valence-electron chi connectivity index (χ3n) is 3.82. The number of aliphatic hydroxyl groups is 1. The maximum Gasteiger partial charge on any atom is 0.138 e. The molecule has 0 spiro atoms. The van der Waals surface area contributed by atoms with Crippen LogP contribution in [0.5, 0.6) is 11.5 Å². The molecule has 1 unspecified atom stereocenters. The molecule has 3 nitrogen and oxygen atoms in total. The van der Waals surface area contributed by atoms with Crippen molar-refractivity contribution in [3.05, 3.63) is 59.2 Å². The summed E-state index contributed by atoms with van der Waals surface area (Å²) in [6.07, 6.45) is -0.493. The van der Waals surface area contributed by atoms with Gasteiger partial charge in [0.15, 0.2) is 0 Å². The van der Waals surface area contributed by atoms with Crippen LogP contribution in [0, 0.1) is 0 Å². The summed E-state index contributed by atoms with van der Waals surface area (Å²) in [5.41, 5.74) is 1.69. The highest BCUT2D eigenvalue weighted by atomic mass is 35.5. The minimum Gasteiger partial charge on any atom is -0.457 e. The number of benzene rings is 2. The van der Waals surface area contributed by atoms with Gasteiger partial charge in [0, 0.05) is 30.2 Å². The van der Waals surface area contributed by atoms with Crippen LogP contribution in [0.2, 0.25) is 30.7 Å². The summed E-state index contributed by atoms with van der Waals surface area (Å²) in [7, 11) is -1.36. The molecular weight excluding hydrogens is 338 g/mol. The van der Waals surface area contributed by atoms with Crippen molar-refractivity contribution in [1.82, 2.24) is 4.98 Å². The fourth-order valence-corrected chi connectivity index (χ4v) is 4.35. The molecule has 0 amide bonds. The minimum atomic E-state index is -1.36. The predicted octanol–water partition coefficient (Wildman–Crippen LogP) is 5.99. The van der Waals surface area contributed by atoms with E-state index in [1.807, 2.05) is 42.5 Å². The smallest absolute Gasteiger partial charge is 0.138 e. The summed E-state index contributed by atoms with van der Waals surface area (Å²) in [6, 6.07) is 16.0. The van der Waals surface area contributed by atoms with Crippen LogP contribution in [0.25, 0.3) is 10.9 Å². The summed E-state index contributed by atoms with van der Waals surface area (Å²) < 4.78 is 5.99. The third kappa shape index (κ3) is 4.01. The largest absolute Gasteiger partial charge is 0.457 e. The van der Waals surface area contributed by atoms with Gasteiger partial charge in [0.1, 0.15) is 11.5 Å². The van der Waals surface area contributed by atoms with Crippen molar-refractivity contribution in [1.29, 1.82) is 0 Å². The average molecular weight is 360 g/mol. The Kier molecular flexibility index (Phi) is 4.72. The summed E-state index contributed by atoms with van der Waals surface area (Å²) in [4.78, 5) is 3.29. The molecule has 3 rings (SSSR count). The first-order valence-corrected chi connectivity index (χ1v) is 12.1. The second kappa shape index (κ2) is 6.63. The molecule has 126 valence electrons. The fraction of sp³-hybridized carbons (Fsp3) is 0.263. The third-order valence-corrected chi connectivity index (χ3v) is 5.65. The number of fused-ring (bicyclic) bond motifs is 1. The second-order valence-corrected chi connectivity index (χ2v) is 13.3. The second-order valence-electron chi connectivity index (χ2n) is 7.29. The van der Waals surface area contributed by atoms with Crippen LogP contribution in [0.3, 0.4) is 0 Å². The van der Waals surface area contributed by atoms with E-state index in [1.54, 1.807) is 6.07 Å². The lowest BCUT2D eigenvalue weighted by Gasteiger charge is -2.19. The Morgan fingerprint density at radius 2 is 1.83 bits per heavy atom. The van der Waals surface area contributed by atoms with E-state index in [4.69, 9.17) is 16.3 Å². The monoisotopic (exact) mass is 359 g/mol. The van der Waals surface area contributed by atoms with Crippen molar-refractivity contribution in [2.24, 2.45) is 0 Å². The van der Waals surface area contributed by atoms with Gasteiger partial charge in [0.2, 0.25) is 0 Å². The van der Waals surface area contributed by atoms with Crippen LogP contribution < -0.4 is 4.74 Å². The molecule has 5 heteroatoms.